The van der Waals surface area contributed by atoms with Gasteiger partial charge in [0.05, 0.1) is 6.04 Å². The molecular weight excluding hydrogens is 542 g/mol. The summed E-state index contributed by atoms with van der Waals surface area (Å²) in [6, 6.07) is 22.6. The minimum Gasteiger partial charge on any atom is -0.506 e. The topological polar surface area (TPSA) is 58.0 Å². The summed E-state index contributed by atoms with van der Waals surface area (Å²) in [7, 11) is 0. The predicted molar refractivity (Wildman–Crippen MR) is 183 cm³/mol. The third-order valence-corrected chi connectivity index (χ3v) is 9.47. The molecule has 0 unspecified atom stereocenters. The van der Waals surface area contributed by atoms with Crippen molar-refractivity contribution in [3.8, 4) is 17.4 Å². The molecule has 1 saturated carbocycles. The number of rotatable bonds is 8. The molecule has 0 amide bonds. The highest BCUT2D eigenvalue weighted by atomic mass is 16.5. The Hall–Kier alpha value is -3.86. The second-order valence-corrected chi connectivity index (χ2v) is 13.7. The van der Waals surface area contributed by atoms with Crippen molar-refractivity contribution in [3.63, 3.8) is 0 Å². The number of anilines is 1. The number of hydrogen-bond donors (Lipinski definition) is 1. The SMILES string of the molecule is CC(C)c1cc(C(C)C)c(N2C[C@H](C3CCCCC3)N=C2c2cccc(Oc3ccc4cccc(O)c4n3)c2)c(C(C)C)c1. The average molecular weight is 590 g/mol. The van der Waals surface area contributed by atoms with Crippen molar-refractivity contribution in [2.24, 2.45) is 10.9 Å². The molecule has 1 aliphatic carbocycles. The molecule has 3 aromatic carbocycles. The molecule has 1 aromatic heterocycles. The van der Waals surface area contributed by atoms with Crippen LogP contribution in [0.4, 0.5) is 5.69 Å². The van der Waals surface area contributed by atoms with Crippen LogP contribution in [-0.4, -0.2) is 28.5 Å². The number of pyridine rings is 1. The number of fused-ring (bicyclic) bond motifs is 1. The Morgan fingerprint density at radius 1 is 0.795 bits per heavy atom. The summed E-state index contributed by atoms with van der Waals surface area (Å²) >= 11 is 0. The first-order chi connectivity index (χ1) is 21.2. The molecule has 1 N–H and O–H groups in total. The smallest absolute Gasteiger partial charge is 0.219 e. The van der Waals surface area contributed by atoms with Gasteiger partial charge in [-0.15, -0.1) is 0 Å². The van der Waals surface area contributed by atoms with E-state index in [-0.39, 0.29) is 11.8 Å². The van der Waals surface area contributed by atoms with E-state index in [1.54, 1.807) is 6.07 Å². The molecule has 1 fully saturated rings. The molecule has 0 bridgehead atoms. The number of amidine groups is 1. The average Bonchev–Trinajstić information content (AvgIpc) is 3.46. The summed E-state index contributed by atoms with van der Waals surface area (Å²) < 4.78 is 6.30. The Morgan fingerprint density at radius 3 is 2.18 bits per heavy atom. The first kappa shape index (κ1) is 30.2. The minimum absolute atomic E-state index is 0.150. The van der Waals surface area contributed by atoms with Gasteiger partial charge in [0.2, 0.25) is 5.88 Å². The van der Waals surface area contributed by atoms with Crippen LogP contribution in [0.2, 0.25) is 0 Å². The molecule has 6 rings (SSSR count). The van der Waals surface area contributed by atoms with Crippen molar-refractivity contribution >= 4 is 22.4 Å². The number of aliphatic imine (C=N–C) groups is 1. The minimum atomic E-state index is 0.150. The molecule has 2 aliphatic rings. The first-order valence-corrected chi connectivity index (χ1v) is 16.6. The number of para-hydroxylation sites is 1. The summed E-state index contributed by atoms with van der Waals surface area (Å²) in [6.07, 6.45) is 6.48. The van der Waals surface area contributed by atoms with Crippen molar-refractivity contribution < 1.29 is 9.84 Å². The van der Waals surface area contributed by atoms with Crippen LogP contribution < -0.4 is 9.64 Å². The summed E-state index contributed by atoms with van der Waals surface area (Å²) in [5.41, 5.74) is 7.16. The number of aromatic nitrogens is 1. The zero-order chi connectivity index (χ0) is 31.0. The van der Waals surface area contributed by atoms with Crippen molar-refractivity contribution in [1.29, 1.82) is 0 Å². The fourth-order valence-electron chi connectivity index (χ4n) is 6.96. The lowest BCUT2D eigenvalue weighted by atomic mass is 9.83. The Balaban J connectivity index is 1.43. The molecule has 44 heavy (non-hydrogen) atoms. The molecule has 5 nitrogen and oxygen atoms in total. The van der Waals surface area contributed by atoms with Gasteiger partial charge in [0.25, 0.3) is 0 Å². The van der Waals surface area contributed by atoms with Gasteiger partial charge in [-0.25, -0.2) is 4.98 Å². The standard InChI is InChI=1S/C39H47N3O2/c1-24(2)30-21-32(25(3)4)38(33(22-30)26(5)6)42-23-34(27-12-8-7-9-13-27)40-39(42)29-15-10-16-31(20-29)44-36-19-18-28-14-11-17-35(43)37(28)41-36/h10-11,14-22,24-27,34,43H,7-9,12-13,23H2,1-6H3/t34-/m1/s1. The summed E-state index contributed by atoms with van der Waals surface area (Å²) in [5, 5.41) is 11.2. The van der Waals surface area contributed by atoms with E-state index in [1.165, 1.54) is 54.5 Å². The van der Waals surface area contributed by atoms with Gasteiger partial charge in [0.15, 0.2) is 0 Å². The molecular formula is C39H47N3O2. The monoisotopic (exact) mass is 589 g/mol. The Labute approximate surface area is 263 Å². The van der Waals surface area contributed by atoms with Gasteiger partial charge in [-0.1, -0.05) is 97.2 Å². The van der Waals surface area contributed by atoms with Crippen LogP contribution in [0.25, 0.3) is 10.9 Å². The molecule has 0 saturated heterocycles. The largest absolute Gasteiger partial charge is 0.506 e. The number of aromatic hydroxyl groups is 1. The lowest BCUT2D eigenvalue weighted by molar-refractivity contribution is 0.315. The fraction of sp³-hybridized carbons (Fsp3) is 0.436. The number of ether oxygens (including phenoxy) is 1. The molecule has 5 heteroatoms. The number of hydrogen-bond acceptors (Lipinski definition) is 5. The highest BCUT2D eigenvalue weighted by molar-refractivity contribution is 6.12. The van der Waals surface area contributed by atoms with E-state index in [0.717, 1.165) is 23.3 Å². The van der Waals surface area contributed by atoms with Gasteiger partial charge in [-0.05, 0) is 77.5 Å². The van der Waals surface area contributed by atoms with Gasteiger partial charge < -0.3 is 14.7 Å². The van der Waals surface area contributed by atoms with Gasteiger partial charge in [0.1, 0.15) is 22.9 Å². The van der Waals surface area contributed by atoms with Crippen molar-refractivity contribution in [2.45, 2.75) is 97.4 Å². The lowest BCUT2D eigenvalue weighted by Gasteiger charge is -2.32. The third-order valence-electron chi connectivity index (χ3n) is 9.47. The summed E-state index contributed by atoms with van der Waals surface area (Å²) in [6.45, 7) is 14.8. The van der Waals surface area contributed by atoms with Crippen LogP contribution in [0.15, 0.2) is 71.7 Å². The van der Waals surface area contributed by atoms with Crippen LogP contribution in [0.3, 0.4) is 0 Å². The van der Waals surface area contributed by atoms with Crippen molar-refractivity contribution in [2.75, 3.05) is 11.4 Å². The quantitative estimate of drug-likeness (QED) is 0.222. The molecule has 230 valence electrons. The summed E-state index contributed by atoms with van der Waals surface area (Å²) in [4.78, 5) is 12.7. The number of benzene rings is 3. The van der Waals surface area contributed by atoms with Crippen LogP contribution in [0.5, 0.6) is 17.4 Å². The van der Waals surface area contributed by atoms with Gasteiger partial charge >= 0.3 is 0 Å². The van der Waals surface area contributed by atoms with Crippen LogP contribution in [0, 0.1) is 5.92 Å². The number of phenolic OH excluding ortho intramolecular Hbond substituents is 1. The summed E-state index contributed by atoms with van der Waals surface area (Å²) in [5.74, 6) is 4.22. The van der Waals surface area contributed by atoms with E-state index in [0.29, 0.717) is 40.8 Å². The van der Waals surface area contributed by atoms with Crippen LogP contribution in [-0.2, 0) is 0 Å². The van der Waals surface area contributed by atoms with Crippen molar-refractivity contribution in [1.82, 2.24) is 4.98 Å². The normalized spacial score (nSPS) is 17.7. The Morgan fingerprint density at radius 2 is 1.50 bits per heavy atom. The predicted octanol–water partition coefficient (Wildman–Crippen LogP) is 10.3. The van der Waals surface area contributed by atoms with E-state index in [1.807, 2.05) is 36.4 Å². The van der Waals surface area contributed by atoms with Gasteiger partial charge in [0, 0.05) is 29.2 Å². The molecule has 0 spiro atoms. The number of nitrogens with zero attached hydrogens (tertiary/aromatic N) is 3. The maximum absolute atomic E-state index is 10.3. The van der Waals surface area contributed by atoms with Gasteiger partial charge in [-0.2, -0.15) is 0 Å². The third kappa shape index (κ3) is 6.06. The van der Waals surface area contributed by atoms with E-state index in [4.69, 9.17) is 9.73 Å². The highest BCUT2D eigenvalue weighted by Crippen LogP contribution is 2.42. The molecule has 1 aliphatic heterocycles. The van der Waals surface area contributed by atoms with Crippen LogP contribution >= 0.6 is 0 Å². The van der Waals surface area contributed by atoms with Crippen molar-refractivity contribution in [3.05, 3.63) is 89.0 Å². The van der Waals surface area contributed by atoms with Gasteiger partial charge in [-0.3, -0.25) is 4.99 Å². The molecule has 1 atom stereocenters. The Kier molecular flexibility index (Phi) is 8.66. The highest BCUT2D eigenvalue weighted by Gasteiger charge is 2.36. The number of phenols is 1. The maximum Gasteiger partial charge on any atom is 0.219 e. The van der Waals surface area contributed by atoms with Crippen LogP contribution in [0.1, 0.15) is 114 Å². The second-order valence-electron chi connectivity index (χ2n) is 13.7. The fourth-order valence-corrected chi connectivity index (χ4v) is 6.96. The lowest BCUT2D eigenvalue weighted by Crippen LogP contribution is -2.34. The Bertz CT molecular complexity index is 1640. The van der Waals surface area contributed by atoms with E-state index in [2.05, 4.69) is 75.7 Å². The molecule has 0 radical (unpaired) electrons. The zero-order valence-electron chi connectivity index (χ0n) is 27.2. The maximum atomic E-state index is 10.3. The second kappa shape index (κ2) is 12.6. The van der Waals surface area contributed by atoms with E-state index in [9.17, 15) is 5.11 Å². The zero-order valence-corrected chi connectivity index (χ0v) is 27.2. The van der Waals surface area contributed by atoms with E-state index >= 15 is 0 Å². The van der Waals surface area contributed by atoms with E-state index < -0.39 is 0 Å². The molecule has 4 aromatic rings. The molecule has 2 heterocycles. The first-order valence-electron chi connectivity index (χ1n) is 16.6.